The smallest absolute Gasteiger partial charge is 0.359 e. The van der Waals surface area contributed by atoms with Crippen LogP contribution in [0.4, 0.5) is 4.39 Å². The number of aliphatic hydroxyl groups excluding tert-OH is 1. The van der Waals surface area contributed by atoms with Crippen molar-refractivity contribution >= 4 is 15.4 Å². The van der Waals surface area contributed by atoms with Crippen LogP contribution in [0.2, 0.25) is 0 Å². The summed E-state index contributed by atoms with van der Waals surface area (Å²) < 4.78 is 35.3. The zero-order valence-corrected chi connectivity index (χ0v) is 12.7. The minimum Gasteiger partial charge on any atom is -0.387 e. The maximum Gasteiger partial charge on any atom is 0.359 e. The van der Waals surface area contributed by atoms with Gasteiger partial charge in [-0.2, -0.15) is 0 Å². The Morgan fingerprint density at radius 3 is 2.55 bits per heavy atom. The van der Waals surface area contributed by atoms with Gasteiger partial charge in [0, 0.05) is 6.42 Å². The SMILES string of the molecule is [B][C@@H]1O[C@H](CC(C)OP(=O)(O)C(C)(O)CC)[C@@H](O)[C@H]1F. The third-order valence-electron chi connectivity index (χ3n) is 3.52. The molecule has 0 spiro atoms. The van der Waals surface area contributed by atoms with Crippen LogP contribution >= 0.6 is 7.60 Å². The lowest BCUT2D eigenvalue weighted by Gasteiger charge is -2.30. The van der Waals surface area contributed by atoms with E-state index in [0.717, 1.165) is 0 Å². The highest BCUT2D eigenvalue weighted by Crippen LogP contribution is 2.56. The second-order valence-corrected chi connectivity index (χ2v) is 7.53. The molecule has 0 aromatic heterocycles. The van der Waals surface area contributed by atoms with Crippen molar-refractivity contribution in [1.29, 1.82) is 0 Å². The van der Waals surface area contributed by atoms with Crippen molar-refractivity contribution in [2.24, 2.45) is 0 Å². The maximum absolute atomic E-state index is 13.3. The van der Waals surface area contributed by atoms with Crippen LogP contribution in [0.3, 0.4) is 0 Å². The Morgan fingerprint density at radius 1 is 1.60 bits per heavy atom. The van der Waals surface area contributed by atoms with Gasteiger partial charge in [0.2, 0.25) is 0 Å². The van der Waals surface area contributed by atoms with E-state index in [1.807, 2.05) is 0 Å². The molecule has 1 rings (SSSR count). The summed E-state index contributed by atoms with van der Waals surface area (Å²) in [7, 11) is 1.05. The molecule has 116 valence electrons. The quantitative estimate of drug-likeness (QED) is 0.493. The van der Waals surface area contributed by atoms with Gasteiger partial charge in [-0.15, -0.1) is 0 Å². The number of alkyl halides is 1. The largest absolute Gasteiger partial charge is 0.387 e. The van der Waals surface area contributed by atoms with Crippen LogP contribution in [-0.2, 0) is 13.8 Å². The number of hydrogen-bond acceptors (Lipinski definition) is 5. The van der Waals surface area contributed by atoms with Crippen LogP contribution in [0.5, 0.6) is 0 Å². The van der Waals surface area contributed by atoms with Crippen molar-refractivity contribution in [2.45, 2.75) is 69.4 Å². The first-order valence-corrected chi connectivity index (χ1v) is 8.06. The molecule has 9 heteroatoms. The lowest BCUT2D eigenvalue weighted by atomic mass is 9.93. The number of hydrogen-bond donors (Lipinski definition) is 3. The number of halogens is 1. The minimum absolute atomic E-state index is 0.0143. The maximum atomic E-state index is 13.3. The normalized spacial score (nSPS) is 38.1. The third-order valence-corrected chi connectivity index (χ3v) is 5.70. The Labute approximate surface area is 119 Å². The number of aliphatic hydroxyl groups is 2. The molecular formula is C11H21BFO6P. The molecule has 0 aromatic carbocycles. The minimum atomic E-state index is -4.27. The first kappa shape index (κ1) is 18.1. The van der Waals surface area contributed by atoms with Gasteiger partial charge in [-0.1, -0.05) is 6.92 Å². The van der Waals surface area contributed by atoms with Gasteiger partial charge >= 0.3 is 7.60 Å². The van der Waals surface area contributed by atoms with Gasteiger partial charge in [-0.05, 0) is 20.3 Å². The van der Waals surface area contributed by atoms with Gasteiger partial charge in [0.1, 0.15) is 20.1 Å². The summed E-state index contributed by atoms with van der Waals surface area (Å²) in [5.74, 6) is 0. The Kier molecular flexibility index (Phi) is 5.80. The molecule has 0 amide bonds. The fourth-order valence-corrected chi connectivity index (χ4v) is 3.08. The highest BCUT2D eigenvalue weighted by atomic mass is 31.2. The fraction of sp³-hybridized carbons (Fsp3) is 1.00. The molecule has 6 nitrogen and oxygen atoms in total. The van der Waals surface area contributed by atoms with E-state index in [4.69, 9.17) is 17.1 Å². The molecule has 1 aliphatic rings. The average molecular weight is 310 g/mol. The number of rotatable bonds is 6. The Hall–Kier alpha value is 0.0249. The van der Waals surface area contributed by atoms with Gasteiger partial charge in [0.25, 0.3) is 0 Å². The van der Waals surface area contributed by atoms with Gasteiger partial charge in [0.05, 0.1) is 18.2 Å². The molecule has 3 N–H and O–H groups in total. The summed E-state index contributed by atoms with van der Waals surface area (Å²) in [6.45, 7) is 4.23. The van der Waals surface area contributed by atoms with Crippen LogP contribution in [0, 0.1) is 0 Å². The van der Waals surface area contributed by atoms with Crippen LogP contribution < -0.4 is 0 Å². The van der Waals surface area contributed by atoms with E-state index in [0.29, 0.717) is 0 Å². The summed E-state index contributed by atoms with van der Waals surface area (Å²) in [6, 6.07) is -1.22. The lowest BCUT2D eigenvalue weighted by Crippen LogP contribution is -2.32. The van der Waals surface area contributed by atoms with Crippen LogP contribution in [-0.4, -0.2) is 58.8 Å². The van der Waals surface area contributed by atoms with Crippen molar-refractivity contribution in [2.75, 3.05) is 0 Å². The Morgan fingerprint density at radius 2 is 2.15 bits per heavy atom. The summed E-state index contributed by atoms with van der Waals surface area (Å²) in [6.07, 6.45) is -4.82. The van der Waals surface area contributed by atoms with Crippen LogP contribution in [0.25, 0.3) is 0 Å². The topological polar surface area (TPSA) is 96.2 Å². The van der Waals surface area contributed by atoms with Crippen molar-refractivity contribution in [1.82, 2.24) is 0 Å². The van der Waals surface area contributed by atoms with Crippen LogP contribution in [0.1, 0.15) is 33.6 Å². The summed E-state index contributed by atoms with van der Waals surface area (Å²) in [4.78, 5) is 9.74. The van der Waals surface area contributed by atoms with Gasteiger partial charge < -0.3 is 24.4 Å². The third kappa shape index (κ3) is 3.81. The zero-order valence-electron chi connectivity index (χ0n) is 11.8. The van der Waals surface area contributed by atoms with E-state index >= 15 is 0 Å². The summed E-state index contributed by atoms with van der Waals surface area (Å²) in [5.41, 5.74) is 0. The van der Waals surface area contributed by atoms with Crippen molar-refractivity contribution < 1.29 is 33.3 Å². The molecule has 2 radical (unpaired) electrons. The van der Waals surface area contributed by atoms with E-state index < -0.39 is 43.4 Å². The molecule has 1 fully saturated rings. The monoisotopic (exact) mass is 310 g/mol. The molecule has 1 saturated heterocycles. The number of ether oxygens (including phenoxy) is 1. The van der Waals surface area contributed by atoms with Gasteiger partial charge in [-0.3, -0.25) is 4.57 Å². The zero-order chi connectivity index (χ0) is 15.7. The molecule has 0 bridgehead atoms. The van der Waals surface area contributed by atoms with Crippen LogP contribution in [0.15, 0.2) is 0 Å². The first-order valence-electron chi connectivity index (χ1n) is 6.48. The fourth-order valence-electron chi connectivity index (χ4n) is 1.88. The molecule has 20 heavy (non-hydrogen) atoms. The van der Waals surface area contributed by atoms with E-state index in [1.165, 1.54) is 13.8 Å². The standard InChI is InChI=1S/C11H21BFO6P/c1-4-11(3,15)20(16,17)19-6(2)5-7-9(14)8(13)10(12)18-7/h6-10,14-15H,4-5H2,1-3H3,(H,16,17)/t6?,7-,8-,9-,10-,11?/m1/s1. The lowest BCUT2D eigenvalue weighted by molar-refractivity contribution is -0.00276. The summed E-state index contributed by atoms with van der Waals surface area (Å²) in [5, 5.41) is 17.5. The van der Waals surface area contributed by atoms with Crippen molar-refractivity contribution in [3.8, 4) is 0 Å². The molecular weight excluding hydrogens is 289 g/mol. The van der Waals surface area contributed by atoms with E-state index in [1.54, 1.807) is 6.92 Å². The molecule has 3 unspecified atom stereocenters. The van der Waals surface area contributed by atoms with E-state index in [9.17, 15) is 24.1 Å². The molecule has 0 saturated carbocycles. The molecule has 7 atom stereocenters. The molecule has 1 aliphatic heterocycles. The second kappa shape index (κ2) is 6.42. The second-order valence-electron chi connectivity index (χ2n) is 5.32. The highest BCUT2D eigenvalue weighted by molar-refractivity contribution is 7.54. The van der Waals surface area contributed by atoms with Gasteiger partial charge in [0.15, 0.2) is 5.34 Å². The van der Waals surface area contributed by atoms with Crippen molar-refractivity contribution in [3.05, 3.63) is 0 Å². The predicted molar refractivity (Wildman–Crippen MR) is 71.2 cm³/mol. The van der Waals surface area contributed by atoms with E-state index in [2.05, 4.69) is 0 Å². The van der Waals surface area contributed by atoms with Gasteiger partial charge in [-0.25, -0.2) is 4.39 Å². The molecule has 0 aromatic rings. The highest BCUT2D eigenvalue weighted by Gasteiger charge is 2.45. The first-order chi connectivity index (χ1) is 9.01. The predicted octanol–water partition coefficient (Wildman–Crippen LogP) is 0.678. The van der Waals surface area contributed by atoms with Crippen molar-refractivity contribution in [3.63, 3.8) is 0 Å². The Balaban J connectivity index is 2.61. The average Bonchev–Trinajstić information content (AvgIpc) is 2.56. The Bertz CT molecular complexity index is 382. The van der Waals surface area contributed by atoms with E-state index in [-0.39, 0.29) is 12.8 Å². The molecule has 0 aliphatic carbocycles. The molecule has 1 heterocycles. The summed E-state index contributed by atoms with van der Waals surface area (Å²) >= 11 is 0.